The zero-order valence-corrected chi connectivity index (χ0v) is 15.2. The van der Waals surface area contributed by atoms with Gasteiger partial charge in [-0.3, -0.25) is 9.52 Å². The van der Waals surface area contributed by atoms with E-state index < -0.39 is 21.7 Å². The highest BCUT2D eigenvalue weighted by Crippen LogP contribution is 2.31. The molecule has 7 nitrogen and oxygen atoms in total. The fourth-order valence-corrected chi connectivity index (χ4v) is 3.81. The normalized spacial score (nSPS) is 11.2. The van der Waals surface area contributed by atoms with Crippen LogP contribution in [0.5, 0.6) is 5.88 Å². The second kappa shape index (κ2) is 6.91. The Kier molecular flexibility index (Phi) is 5.31. The molecule has 0 unspecified atom stereocenters. The Labute approximate surface area is 150 Å². The second-order valence-electron chi connectivity index (χ2n) is 4.41. The lowest BCUT2D eigenvalue weighted by molar-refractivity contribution is 0.1000. The summed E-state index contributed by atoms with van der Waals surface area (Å²) in [6, 6.07) is 3.17. The van der Waals surface area contributed by atoms with Crippen LogP contribution in [0.15, 0.2) is 33.8 Å². The number of sulfonamides is 1. The number of anilines is 1. The number of nitrogens with one attached hydrogen (secondary N) is 1. The molecule has 0 aliphatic heterocycles. The fraction of sp³-hybridized carbons (Fsp3) is 0.0769. The molecule has 3 N–H and O–H groups in total. The van der Waals surface area contributed by atoms with Gasteiger partial charge in [-0.2, -0.15) is 0 Å². The SMILES string of the molecule is COc1ncc(Cl)cc1S(=O)(=O)Nc1ccc(F)c(Br)c1C(N)=O. The smallest absolute Gasteiger partial charge is 0.267 e. The van der Waals surface area contributed by atoms with Crippen LogP contribution >= 0.6 is 27.5 Å². The van der Waals surface area contributed by atoms with Crippen LogP contribution in [-0.4, -0.2) is 26.4 Å². The number of primary amides is 1. The van der Waals surface area contributed by atoms with Crippen molar-refractivity contribution in [3.8, 4) is 5.88 Å². The number of hydrogen-bond acceptors (Lipinski definition) is 5. The van der Waals surface area contributed by atoms with Crippen LogP contribution in [0, 0.1) is 5.82 Å². The number of halogens is 3. The predicted octanol–water partition coefficient (Wildman–Crippen LogP) is 2.54. The molecule has 11 heteroatoms. The van der Waals surface area contributed by atoms with Crippen LogP contribution in [0.25, 0.3) is 0 Å². The maximum Gasteiger partial charge on any atom is 0.267 e. The summed E-state index contributed by atoms with van der Waals surface area (Å²) in [7, 11) is -3.00. The summed E-state index contributed by atoms with van der Waals surface area (Å²) >= 11 is 8.64. The van der Waals surface area contributed by atoms with Crippen molar-refractivity contribution in [3.05, 3.63) is 45.3 Å². The molecular formula is C13H10BrClFN3O4S. The lowest BCUT2D eigenvalue weighted by Crippen LogP contribution is -2.20. The second-order valence-corrected chi connectivity index (χ2v) is 7.29. The summed E-state index contributed by atoms with van der Waals surface area (Å²) in [4.78, 5) is 14.9. The van der Waals surface area contributed by atoms with Crippen molar-refractivity contribution >= 4 is 49.1 Å². The van der Waals surface area contributed by atoms with Crippen LogP contribution in [0.1, 0.15) is 10.4 Å². The molecule has 1 aromatic heterocycles. The van der Waals surface area contributed by atoms with E-state index in [4.69, 9.17) is 22.1 Å². The van der Waals surface area contributed by atoms with Gasteiger partial charge >= 0.3 is 0 Å². The minimum absolute atomic E-state index is 0.0617. The van der Waals surface area contributed by atoms with E-state index in [9.17, 15) is 17.6 Å². The first kappa shape index (κ1) is 18.4. The van der Waals surface area contributed by atoms with Gasteiger partial charge in [0.2, 0.25) is 5.88 Å². The van der Waals surface area contributed by atoms with E-state index >= 15 is 0 Å². The molecule has 2 rings (SSSR count). The molecule has 128 valence electrons. The van der Waals surface area contributed by atoms with Gasteiger partial charge in [0.15, 0.2) is 4.90 Å². The van der Waals surface area contributed by atoms with Gasteiger partial charge in [-0.25, -0.2) is 17.8 Å². The summed E-state index contributed by atoms with van der Waals surface area (Å²) in [5.74, 6) is -1.99. The number of nitrogens with zero attached hydrogens (tertiary/aromatic N) is 1. The number of aromatic nitrogens is 1. The Balaban J connectivity index is 2.58. The molecule has 0 fully saturated rings. The van der Waals surface area contributed by atoms with E-state index in [0.717, 1.165) is 18.2 Å². The van der Waals surface area contributed by atoms with Crippen molar-refractivity contribution < 1.29 is 22.3 Å². The quantitative estimate of drug-likeness (QED) is 0.745. The van der Waals surface area contributed by atoms with Crippen molar-refractivity contribution in [2.45, 2.75) is 4.90 Å². The standard InChI is InChI=1S/C13H10BrClFN3O4S/c1-23-13-9(4-6(15)5-18-13)24(21,22)19-8-3-2-7(16)11(14)10(8)12(17)20/h2-5,19H,1H3,(H2,17,20). The zero-order valence-electron chi connectivity index (χ0n) is 12.0. The molecule has 0 aliphatic carbocycles. The lowest BCUT2D eigenvalue weighted by atomic mass is 10.1. The molecule has 1 aromatic carbocycles. The van der Waals surface area contributed by atoms with Crippen LogP contribution in [0.3, 0.4) is 0 Å². The number of carbonyl (C=O) groups excluding carboxylic acids is 1. The number of carbonyl (C=O) groups is 1. The Bertz CT molecular complexity index is 924. The van der Waals surface area contributed by atoms with Crippen LogP contribution in [-0.2, 0) is 10.0 Å². The largest absolute Gasteiger partial charge is 0.480 e. The van der Waals surface area contributed by atoms with Gasteiger partial charge in [0.05, 0.1) is 27.9 Å². The van der Waals surface area contributed by atoms with Crippen LogP contribution in [0.4, 0.5) is 10.1 Å². The molecular weight excluding hydrogens is 429 g/mol. The van der Waals surface area contributed by atoms with E-state index in [1.54, 1.807) is 0 Å². The molecule has 1 heterocycles. The van der Waals surface area contributed by atoms with Crippen molar-refractivity contribution in [1.29, 1.82) is 0 Å². The first-order valence-electron chi connectivity index (χ1n) is 6.17. The number of nitrogens with two attached hydrogens (primary N) is 1. The van der Waals surface area contributed by atoms with E-state index in [1.807, 2.05) is 0 Å². The van der Waals surface area contributed by atoms with Gasteiger partial charge in [-0.05, 0) is 34.1 Å². The van der Waals surface area contributed by atoms with Crippen LogP contribution in [0.2, 0.25) is 5.02 Å². The van der Waals surface area contributed by atoms with E-state index in [0.29, 0.717) is 0 Å². The molecule has 0 aliphatic rings. The summed E-state index contributed by atoms with van der Waals surface area (Å²) in [6.45, 7) is 0. The highest BCUT2D eigenvalue weighted by molar-refractivity contribution is 9.10. The van der Waals surface area contributed by atoms with Gasteiger partial charge in [0, 0.05) is 6.20 Å². The average molecular weight is 439 g/mol. The maximum atomic E-state index is 13.6. The lowest BCUT2D eigenvalue weighted by Gasteiger charge is -2.14. The third kappa shape index (κ3) is 3.60. The number of rotatable bonds is 5. The zero-order chi connectivity index (χ0) is 18.1. The van der Waals surface area contributed by atoms with Gasteiger partial charge in [0.25, 0.3) is 15.9 Å². The molecule has 0 spiro atoms. The number of benzene rings is 1. The third-order valence-corrected chi connectivity index (χ3v) is 5.20. The fourth-order valence-electron chi connectivity index (χ4n) is 1.83. The molecule has 24 heavy (non-hydrogen) atoms. The van der Waals surface area contributed by atoms with Crippen molar-refractivity contribution in [2.75, 3.05) is 11.8 Å². The van der Waals surface area contributed by atoms with Gasteiger partial charge in [0.1, 0.15) is 5.82 Å². The van der Waals surface area contributed by atoms with E-state index in [1.165, 1.54) is 13.3 Å². The molecule has 0 atom stereocenters. The van der Waals surface area contributed by atoms with Gasteiger partial charge in [-0.1, -0.05) is 11.6 Å². The summed E-state index contributed by atoms with van der Waals surface area (Å²) < 4.78 is 45.5. The summed E-state index contributed by atoms with van der Waals surface area (Å²) in [6.07, 6.45) is 1.21. The van der Waals surface area contributed by atoms with E-state index in [2.05, 4.69) is 25.6 Å². The Morgan fingerprint density at radius 3 is 2.71 bits per heavy atom. The minimum Gasteiger partial charge on any atom is -0.480 e. The Morgan fingerprint density at radius 2 is 2.12 bits per heavy atom. The molecule has 0 saturated carbocycles. The Hall–Kier alpha value is -1.91. The monoisotopic (exact) mass is 437 g/mol. The van der Waals surface area contributed by atoms with Gasteiger partial charge in [-0.15, -0.1) is 0 Å². The summed E-state index contributed by atoms with van der Waals surface area (Å²) in [5, 5.41) is 0.0617. The van der Waals surface area contributed by atoms with Gasteiger partial charge < -0.3 is 10.5 Å². The highest BCUT2D eigenvalue weighted by atomic mass is 79.9. The minimum atomic E-state index is -4.24. The van der Waals surface area contributed by atoms with Crippen LogP contribution < -0.4 is 15.2 Å². The maximum absolute atomic E-state index is 13.6. The number of hydrogen-bond donors (Lipinski definition) is 2. The molecule has 0 bridgehead atoms. The number of pyridine rings is 1. The first-order valence-corrected chi connectivity index (χ1v) is 8.83. The Morgan fingerprint density at radius 1 is 1.46 bits per heavy atom. The molecule has 0 radical (unpaired) electrons. The number of methoxy groups -OCH3 is 1. The summed E-state index contributed by atoms with van der Waals surface area (Å²) in [5.41, 5.74) is 4.63. The topological polar surface area (TPSA) is 111 Å². The molecule has 2 aromatic rings. The number of amides is 1. The molecule has 1 amide bonds. The first-order chi connectivity index (χ1) is 11.2. The van der Waals surface area contributed by atoms with Crippen molar-refractivity contribution in [1.82, 2.24) is 4.98 Å². The van der Waals surface area contributed by atoms with Crippen molar-refractivity contribution in [3.63, 3.8) is 0 Å². The number of ether oxygens (including phenoxy) is 1. The predicted molar refractivity (Wildman–Crippen MR) is 89.2 cm³/mol. The highest BCUT2D eigenvalue weighted by Gasteiger charge is 2.25. The van der Waals surface area contributed by atoms with E-state index in [-0.39, 0.29) is 31.5 Å². The third-order valence-electron chi connectivity index (χ3n) is 2.85. The molecule has 0 saturated heterocycles. The van der Waals surface area contributed by atoms with Crippen molar-refractivity contribution in [2.24, 2.45) is 5.73 Å². The average Bonchev–Trinajstić information content (AvgIpc) is 2.50.